The van der Waals surface area contributed by atoms with E-state index in [-0.39, 0.29) is 24.7 Å². The largest absolute Gasteiger partial charge is 0.494 e. The minimum absolute atomic E-state index is 0.0484. The molecule has 1 aliphatic heterocycles. The van der Waals surface area contributed by atoms with Gasteiger partial charge >= 0.3 is 0 Å². The SMILES string of the molecule is CCOc1ccc(NC(=O)CCC(=O)N2CCCn3nc(C)cc32)cc1. The number of ether oxygens (including phenoxy) is 1. The van der Waals surface area contributed by atoms with Crippen LogP contribution in [-0.2, 0) is 16.1 Å². The number of nitrogens with zero attached hydrogens (tertiary/aromatic N) is 3. The molecule has 1 N–H and O–H groups in total. The van der Waals surface area contributed by atoms with Crippen LogP contribution in [0.3, 0.4) is 0 Å². The van der Waals surface area contributed by atoms with Crippen molar-refractivity contribution in [2.24, 2.45) is 0 Å². The summed E-state index contributed by atoms with van der Waals surface area (Å²) in [6, 6.07) is 9.10. The first-order valence-electron chi connectivity index (χ1n) is 8.94. The lowest BCUT2D eigenvalue weighted by molar-refractivity contribution is -0.122. The third kappa shape index (κ3) is 4.22. The van der Waals surface area contributed by atoms with Gasteiger partial charge in [-0.05, 0) is 44.5 Å². The average Bonchev–Trinajstić information content (AvgIpc) is 3.01. The Hall–Kier alpha value is -2.83. The fourth-order valence-electron chi connectivity index (χ4n) is 3.04. The number of rotatable bonds is 6. The summed E-state index contributed by atoms with van der Waals surface area (Å²) in [7, 11) is 0. The maximum Gasteiger partial charge on any atom is 0.228 e. The normalized spacial score (nSPS) is 13.2. The summed E-state index contributed by atoms with van der Waals surface area (Å²) in [6.07, 6.45) is 1.20. The Morgan fingerprint density at radius 2 is 1.96 bits per heavy atom. The predicted octanol–water partition coefficient (Wildman–Crippen LogP) is 2.75. The van der Waals surface area contributed by atoms with Gasteiger partial charge in [-0.1, -0.05) is 0 Å². The van der Waals surface area contributed by atoms with Crippen molar-refractivity contribution in [3.63, 3.8) is 0 Å². The molecule has 2 heterocycles. The number of benzene rings is 1. The van der Waals surface area contributed by atoms with Gasteiger partial charge in [0.15, 0.2) is 0 Å². The summed E-state index contributed by atoms with van der Waals surface area (Å²) in [5.74, 6) is 1.36. The Bertz CT molecular complexity index is 783. The minimum atomic E-state index is -0.177. The first kappa shape index (κ1) is 18.0. The van der Waals surface area contributed by atoms with Crippen molar-refractivity contribution in [1.29, 1.82) is 0 Å². The van der Waals surface area contributed by atoms with E-state index in [9.17, 15) is 9.59 Å². The van der Waals surface area contributed by atoms with Gasteiger partial charge in [-0.3, -0.25) is 14.5 Å². The zero-order valence-electron chi connectivity index (χ0n) is 15.2. The Morgan fingerprint density at radius 3 is 2.69 bits per heavy atom. The van der Waals surface area contributed by atoms with E-state index < -0.39 is 0 Å². The van der Waals surface area contributed by atoms with Crippen molar-refractivity contribution in [3.8, 4) is 5.75 Å². The van der Waals surface area contributed by atoms with Crippen LogP contribution in [0.25, 0.3) is 0 Å². The van der Waals surface area contributed by atoms with Crippen LogP contribution >= 0.6 is 0 Å². The molecule has 2 aromatic rings. The molecule has 0 fully saturated rings. The molecule has 0 atom stereocenters. The molecule has 7 heteroatoms. The molecule has 0 bridgehead atoms. The van der Waals surface area contributed by atoms with Gasteiger partial charge in [0.05, 0.1) is 12.3 Å². The molecule has 1 aromatic heterocycles. The third-order valence-electron chi connectivity index (χ3n) is 4.23. The summed E-state index contributed by atoms with van der Waals surface area (Å²) >= 11 is 0. The molecule has 138 valence electrons. The summed E-state index contributed by atoms with van der Waals surface area (Å²) in [6.45, 7) is 5.93. The van der Waals surface area contributed by atoms with Crippen LogP contribution < -0.4 is 15.0 Å². The monoisotopic (exact) mass is 356 g/mol. The second-order valence-corrected chi connectivity index (χ2v) is 6.27. The number of hydrogen-bond acceptors (Lipinski definition) is 4. The lowest BCUT2D eigenvalue weighted by atomic mass is 10.2. The van der Waals surface area contributed by atoms with Crippen LogP contribution in [-0.4, -0.2) is 34.7 Å². The van der Waals surface area contributed by atoms with E-state index >= 15 is 0 Å². The number of aromatic nitrogens is 2. The maximum atomic E-state index is 12.5. The molecule has 1 aliphatic rings. The van der Waals surface area contributed by atoms with Crippen LogP contribution in [0.4, 0.5) is 11.5 Å². The molecule has 26 heavy (non-hydrogen) atoms. The fourth-order valence-corrected chi connectivity index (χ4v) is 3.04. The van der Waals surface area contributed by atoms with Crippen LogP contribution in [0.5, 0.6) is 5.75 Å². The van der Waals surface area contributed by atoms with E-state index in [0.717, 1.165) is 30.2 Å². The Labute approximate surface area is 152 Å². The lowest BCUT2D eigenvalue weighted by Gasteiger charge is -2.27. The molecular weight excluding hydrogens is 332 g/mol. The molecule has 0 unspecified atom stereocenters. The van der Waals surface area contributed by atoms with Gasteiger partial charge < -0.3 is 10.1 Å². The van der Waals surface area contributed by atoms with E-state index in [1.165, 1.54) is 0 Å². The summed E-state index contributed by atoms with van der Waals surface area (Å²) in [4.78, 5) is 26.4. The number of nitrogens with one attached hydrogen (secondary N) is 1. The number of amides is 2. The molecule has 7 nitrogen and oxygen atoms in total. The van der Waals surface area contributed by atoms with Gasteiger partial charge in [0.2, 0.25) is 11.8 Å². The molecule has 1 aromatic carbocycles. The van der Waals surface area contributed by atoms with Crippen LogP contribution in [0.2, 0.25) is 0 Å². The van der Waals surface area contributed by atoms with Crippen molar-refractivity contribution in [3.05, 3.63) is 36.0 Å². The summed E-state index contributed by atoms with van der Waals surface area (Å²) < 4.78 is 7.23. The smallest absolute Gasteiger partial charge is 0.228 e. The maximum absolute atomic E-state index is 12.5. The zero-order valence-corrected chi connectivity index (χ0v) is 15.2. The van der Waals surface area contributed by atoms with Gasteiger partial charge in [0.25, 0.3) is 0 Å². The van der Waals surface area contributed by atoms with E-state index in [0.29, 0.717) is 18.8 Å². The quantitative estimate of drug-likeness (QED) is 0.863. The fraction of sp³-hybridized carbons (Fsp3) is 0.421. The third-order valence-corrected chi connectivity index (χ3v) is 4.23. The number of anilines is 2. The minimum Gasteiger partial charge on any atom is -0.494 e. The van der Waals surface area contributed by atoms with Crippen molar-refractivity contribution < 1.29 is 14.3 Å². The molecule has 0 aliphatic carbocycles. The molecule has 0 radical (unpaired) electrons. The average molecular weight is 356 g/mol. The number of fused-ring (bicyclic) bond motifs is 1. The molecule has 0 saturated heterocycles. The standard InChI is InChI=1S/C19H24N4O3/c1-3-26-16-7-5-15(6-8-16)20-17(24)9-10-19(25)22-11-4-12-23-18(22)13-14(2)21-23/h5-8,13H,3-4,9-12H2,1-2H3,(H,20,24). The number of hydrogen-bond donors (Lipinski definition) is 1. The van der Waals surface area contributed by atoms with Crippen molar-refractivity contribution in [2.75, 3.05) is 23.4 Å². The van der Waals surface area contributed by atoms with Crippen LogP contribution in [0.15, 0.2) is 30.3 Å². The van der Waals surface area contributed by atoms with Crippen molar-refractivity contribution >= 4 is 23.3 Å². The van der Waals surface area contributed by atoms with Crippen LogP contribution in [0.1, 0.15) is 31.9 Å². The first-order valence-corrected chi connectivity index (χ1v) is 8.94. The topological polar surface area (TPSA) is 76.5 Å². The highest BCUT2D eigenvalue weighted by molar-refractivity contribution is 5.97. The number of carbonyl (C=O) groups is 2. The zero-order chi connectivity index (χ0) is 18.5. The highest BCUT2D eigenvalue weighted by Gasteiger charge is 2.24. The lowest BCUT2D eigenvalue weighted by Crippen LogP contribution is -2.37. The molecule has 3 rings (SSSR count). The van der Waals surface area contributed by atoms with E-state index in [1.54, 1.807) is 17.0 Å². The van der Waals surface area contributed by atoms with Gasteiger partial charge in [-0.25, -0.2) is 4.68 Å². The second kappa shape index (κ2) is 8.03. The number of aryl methyl sites for hydroxylation is 2. The highest BCUT2D eigenvalue weighted by atomic mass is 16.5. The van der Waals surface area contributed by atoms with Gasteiger partial charge in [0, 0.05) is 37.7 Å². The molecule has 2 amide bonds. The Kier molecular flexibility index (Phi) is 5.55. The Morgan fingerprint density at radius 1 is 1.19 bits per heavy atom. The summed E-state index contributed by atoms with van der Waals surface area (Å²) in [5.41, 5.74) is 1.59. The van der Waals surface area contributed by atoms with Crippen molar-refractivity contribution in [2.45, 2.75) is 39.7 Å². The summed E-state index contributed by atoms with van der Waals surface area (Å²) in [5, 5.41) is 7.20. The van der Waals surface area contributed by atoms with E-state index in [4.69, 9.17) is 4.74 Å². The van der Waals surface area contributed by atoms with E-state index in [1.807, 2.05) is 36.7 Å². The van der Waals surface area contributed by atoms with Gasteiger partial charge in [0.1, 0.15) is 11.6 Å². The van der Waals surface area contributed by atoms with Gasteiger partial charge in [-0.2, -0.15) is 5.10 Å². The molecule has 0 saturated carbocycles. The Balaban J connectivity index is 1.52. The number of carbonyl (C=O) groups excluding carboxylic acids is 2. The van der Waals surface area contributed by atoms with E-state index in [2.05, 4.69) is 10.4 Å². The van der Waals surface area contributed by atoms with Crippen LogP contribution in [0, 0.1) is 6.92 Å². The molecular formula is C19H24N4O3. The molecule has 0 spiro atoms. The van der Waals surface area contributed by atoms with Crippen molar-refractivity contribution in [1.82, 2.24) is 9.78 Å². The van der Waals surface area contributed by atoms with Gasteiger partial charge in [-0.15, -0.1) is 0 Å². The first-order chi connectivity index (χ1) is 12.6. The second-order valence-electron chi connectivity index (χ2n) is 6.27. The predicted molar refractivity (Wildman–Crippen MR) is 99.4 cm³/mol. The highest BCUT2D eigenvalue weighted by Crippen LogP contribution is 2.22.